The molecule has 27 heavy (non-hydrogen) atoms. The molecule has 5 nitrogen and oxygen atoms in total. The maximum atomic E-state index is 12.6. The minimum absolute atomic E-state index is 0.161. The number of aromatic nitrogens is 2. The van der Waals surface area contributed by atoms with Gasteiger partial charge in [0.1, 0.15) is 11.6 Å². The molecule has 0 saturated heterocycles. The van der Waals surface area contributed by atoms with E-state index in [0.717, 1.165) is 22.4 Å². The number of rotatable bonds is 6. The largest absolute Gasteiger partial charge is 0.481 e. The van der Waals surface area contributed by atoms with E-state index in [2.05, 4.69) is 29.8 Å². The van der Waals surface area contributed by atoms with Crippen molar-refractivity contribution in [1.29, 1.82) is 0 Å². The molecule has 0 fully saturated rings. The van der Waals surface area contributed by atoms with Crippen LogP contribution in [0, 0.1) is 6.92 Å². The Morgan fingerprint density at radius 1 is 1.07 bits per heavy atom. The predicted molar refractivity (Wildman–Crippen MR) is 108 cm³/mol. The first-order valence-corrected chi connectivity index (χ1v) is 9.37. The summed E-state index contributed by atoms with van der Waals surface area (Å²) < 4.78 is 7.96. The Bertz CT molecular complexity index is 946. The maximum absolute atomic E-state index is 12.6. The number of hydrogen-bond donors (Lipinski definition) is 1. The molecule has 0 aliphatic carbocycles. The molecule has 1 N–H and O–H groups in total. The lowest BCUT2D eigenvalue weighted by molar-refractivity contribution is -0.128. The van der Waals surface area contributed by atoms with E-state index in [4.69, 9.17) is 9.72 Å². The van der Waals surface area contributed by atoms with Gasteiger partial charge >= 0.3 is 0 Å². The van der Waals surface area contributed by atoms with E-state index in [1.165, 1.54) is 0 Å². The van der Waals surface area contributed by atoms with Gasteiger partial charge in [0.15, 0.2) is 6.10 Å². The van der Waals surface area contributed by atoms with Crippen LogP contribution in [-0.4, -0.2) is 21.6 Å². The lowest BCUT2D eigenvalue weighted by atomic mass is 10.2. The molecule has 5 heteroatoms. The van der Waals surface area contributed by atoms with Crippen LogP contribution in [0.2, 0.25) is 0 Å². The van der Waals surface area contributed by atoms with E-state index < -0.39 is 6.10 Å². The number of imidazole rings is 1. The van der Waals surface area contributed by atoms with Gasteiger partial charge in [-0.15, -0.1) is 0 Å². The number of benzene rings is 2. The topological polar surface area (TPSA) is 56.1 Å². The first kappa shape index (κ1) is 19.0. The third-order valence-corrected chi connectivity index (χ3v) is 4.56. The zero-order valence-corrected chi connectivity index (χ0v) is 16.6. The smallest absolute Gasteiger partial charge is 0.261 e. The van der Waals surface area contributed by atoms with E-state index >= 15 is 0 Å². The highest BCUT2D eigenvalue weighted by Crippen LogP contribution is 2.25. The molecule has 1 amide bonds. The van der Waals surface area contributed by atoms with Crippen LogP contribution < -0.4 is 10.1 Å². The molecule has 0 aliphatic heterocycles. The minimum Gasteiger partial charge on any atom is -0.481 e. The zero-order chi connectivity index (χ0) is 19.6. The van der Waals surface area contributed by atoms with Gasteiger partial charge in [-0.25, -0.2) is 4.98 Å². The van der Waals surface area contributed by atoms with E-state index in [1.807, 2.05) is 56.3 Å². The van der Waals surface area contributed by atoms with Gasteiger partial charge < -0.3 is 14.6 Å². The third-order valence-electron chi connectivity index (χ3n) is 4.56. The molecule has 0 bridgehead atoms. The second kappa shape index (κ2) is 7.82. The second-order valence-corrected chi connectivity index (χ2v) is 7.23. The van der Waals surface area contributed by atoms with Crippen LogP contribution >= 0.6 is 0 Å². The summed E-state index contributed by atoms with van der Waals surface area (Å²) in [6, 6.07) is 15.8. The van der Waals surface area contributed by atoms with Crippen LogP contribution in [-0.2, 0) is 4.79 Å². The van der Waals surface area contributed by atoms with Gasteiger partial charge in [-0.3, -0.25) is 4.79 Å². The Labute approximate surface area is 160 Å². The summed E-state index contributed by atoms with van der Waals surface area (Å²) in [5.41, 5.74) is 3.11. The summed E-state index contributed by atoms with van der Waals surface area (Å²) in [6.07, 6.45) is -0.592. The van der Waals surface area contributed by atoms with Gasteiger partial charge in [0.25, 0.3) is 5.91 Å². The van der Waals surface area contributed by atoms with Crippen LogP contribution in [0.5, 0.6) is 5.75 Å². The van der Waals surface area contributed by atoms with E-state index in [-0.39, 0.29) is 18.0 Å². The van der Waals surface area contributed by atoms with Crippen LogP contribution in [0.25, 0.3) is 11.0 Å². The quantitative estimate of drug-likeness (QED) is 0.696. The number of amides is 1. The molecule has 0 spiro atoms. The summed E-state index contributed by atoms with van der Waals surface area (Å²) in [7, 11) is 0. The Hall–Kier alpha value is -2.82. The average Bonchev–Trinajstić information content (AvgIpc) is 3.01. The fourth-order valence-corrected chi connectivity index (χ4v) is 3.25. The molecule has 1 aromatic heterocycles. The highest BCUT2D eigenvalue weighted by atomic mass is 16.5. The Kier molecular flexibility index (Phi) is 5.49. The molecule has 142 valence electrons. The number of carbonyl (C=O) groups excluding carboxylic acids is 1. The number of aryl methyl sites for hydroxylation is 1. The molecule has 2 aromatic carbocycles. The summed E-state index contributed by atoms with van der Waals surface area (Å²) in [5.74, 6) is 1.38. The molecule has 0 aliphatic rings. The highest BCUT2D eigenvalue weighted by Gasteiger charge is 2.23. The number of ether oxygens (including phenoxy) is 1. The van der Waals surface area contributed by atoms with Crippen molar-refractivity contribution < 1.29 is 9.53 Å². The first-order valence-electron chi connectivity index (χ1n) is 9.37. The molecule has 1 heterocycles. The summed E-state index contributed by atoms with van der Waals surface area (Å²) in [6.45, 7) is 9.95. The van der Waals surface area contributed by atoms with Crippen molar-refractivity contribution in [3.63, 3.8) is 0 Å². The van der Waals surface area contributed by atoms with E-state index in [1.54, 1.807) is 6.92 Å². The van der Waals surface area contributed by atoms with Crippen LogP contribution in [0.1, 0.15) is 51.2 Å². The monoisotopic (exact) mass is 365 g/mol. The maximum Gasteiger partial charge on any atom is 0.261 e. The molecule has 0 saturated carbocycles. The number of nitrogens with one attached hydrogen (secondary N) is 1. The SMILES string of the molecule is Cc1cccc(O[C@H](C)C(=O)N[C@H](C)c2nc3ccccc3n2C(C)C)c1. The lowest BCUT2D eigenvalue weighted by Gasteiger charge is -2.21. The van der Waals surface area contributed by atoms with E-state index in [0.29, 0.717) is 5.75 Å². The number of nitrogens with zero attached hydrogens (tertiary/aromatic N) is 2. The summed E-state index contributed by atoms with van der Waals surface area (Å²) in [4.78, 5) is 17.4. The number of para-hydroxylation sites is 2. The second-order valence-electron chi connectivity index (χ2n) is 7.23. The fourth-order valence-electron chi connectivity index (χ4n) is 3.25. The first-order chi connectivity index (χ1) is 12.9. The van der Waals surface area contributed by atoms with Crippen molar-refractivity contribution in [3.8, 4) is 5.75 Å². The van der Waals surface area contributed by atoms with Gasteiger partial charge in [-0.1, -0.05) is 24.3 Å². The average molecular weight is 365 g/mol. The van der Waals surface area contributed by atoms with Crippen LogP contribution in [0.15, 0.2) is 48.5 Å². The van der Waals surface area contributed by atoms with Crippen molar-refractivity contribution in [1.82, 2.24) is 14.9 Å². The van der Waals surface area contributed by atoms with Crippen LogP contribution in [0.4, 0.5) is 0 Å². The molecule has 0 radical (unpaired) electrons. The van der Waals surface area contributed by atoms with Crippen molar-refractivity contribution in [2.24, 2.45) is 0 Å². The third kappa shape index (κ3) is 4.13. The molecular weight excluding hydrogens is 338 g/mol. The summed E-state index contributed by atoms with van der Waals surface area (Å²) in [5, 5.41) is 3.04. The lowest BCUT2D eigenvalue weighted by Crippen LogP contribution is -2.38. The normalized spacial score (nSPS) is 13.6. The van der Waals surface area contributed by atoms with Crippen molar-refractivity contribution >= 4 is 16.9 Å². The van der Waals surface area contributed by atoms with Gasteiger partial charge in [-0.05, 0) is 64.4 Å². The fraction of sp³-hybridized carbons (Fsp3) is 0.364. The van der Waals surface area contributed by atoms with Gasteiger partial charge in [0.05, 0.1) is 17.1 Å². The van der Waals surface area contributed by atoms with Crippen LogP contribution in [0.3, 0.4) is 0 Å². The molecule has 2 atom stereocenters. The Morgan fingerprint density at radius 3 is 2.52 bits per heavy atom. The van der Waals surface area contributed by atoms with Gasteiger partial charge in [0, 0.05) is 6.04 Å². The number of hydrogen-bond acceptors (Lipinski definition) is 3. The zero-order valence-electron chi connectivity index (χ0n) is 16.6. The number of carbonyl (C=O) groups is 1. The highest BCUT2D eigenvalue weighted by molar-refractivity contribution is 5.81. The standard InChI is InChI=1S/C22H27N3O2/c1-14(2)25-20-12-7-6-11-19(20)24-21(25)16(4)23-22(26)17(5)27-18-10-8-9-15(3)13-18/h6-14,16-17H,1-5H3,(H,23,26)/t16-,17-/m1/s1. The van der Waals surface area contributed by atoms with Gasteiger partial charge in [-0.2, -0.15) is 0 Å². The predicted octanol–water partition coefficient (Wildman–Crippen LogP) is 4.57. The van der Waals surface area contributed by atoms with Gasteiger partial charge in [0.2, 0.25) is 0 Å². The van der Waals surface area contributed by atoms with Crippen molar-refractivity contribution in [2.45, 2.75) is 52.8 Å². The molecule has 3 rings (SSSR count). The Balaban J connectivity index is 1.76. The Morgan fingerprint density at radius 2 is 1.81 bits per heavy atom. The summed E-state index contributed by atoms with van der Waals surface area (Å²) >= 11 is 0. The van der Waals surface area contributed by atoms with E-state index in [9.17, 15) is 4.79 Å². The molecule has 3 aromatic rings. The number of fused-ring (bicyclic) bond motifs is 1. The van der Waals surface area contributed by atoms with Crippen molar-refractivity contribution in [3.05, 3.63) is 59.9 Å². The minimum atomic E-state index is -0.592. The molecular formula is C22H27N3O2. The van der Waals surface area contributed by atoms with Crippen molar-refractivity contribution in [2.75, 3.05) is 0 Å². The molecule has 0 unspecified atom stereocenters.